The fraction of sp³-hybridized carbons (Fsp3) is 0.222. The Bertz CT molecular complexity index is 1390. The lowest BCUT2D eigenvalue weighted by molar-refractivity contribution is -0.705. The number of hydrogen-bond acceptors (Lipinski definition) is 2. The van der Waals surface area contributed by atoms with Gasteiger partial charge in [-0.25, -0.2) is 13.5 Å². The van der Waals surface area contributed by atoms with Gasteiger partial charge in [0.05, 0.1) is 6.61 Å². The molecule has 0 saturated carbocycles. The lowest BCUT2D eigenvalue weighted by Gasteiger charge is -2.19. The number of nitrogens with zero attached hydrogens (tertiary/aromatic N) is 2. The van der Waals surface area contributed by atoms with Gasteiger partial charge in [0.2, 0.25) is 6.33 Å². The maximum atomic E-state index is 13.5. The SMILES string of the molecule is Fc1ccc2c(c1)CC(Cn1cc[n+](CC(OCc3ccc(Cl)cc3Cl)c3ccc(Cl)cc3Cl)c1)O2. The van der Waals surface area contributed by atoms with Gasteiger partial charge >= 0.3 is 0 Å². The maximum Gasteiger partial charge on any atom is 0.243 e. The van der Waals surface area contributed by atoms with E-state index in [4.69, 9.17) is 55.9 Å². The standard InChI is InChI=1S/C27H22Cl4FN2O2/c28-19-2-1-17(24(30)11-19)15-35-27(23-5-3-20(29)12-25(23)31)14-34-8-7-33(16-34)13-22-10-18-9-21(32)4-6-26(18)36-22/h1-9,11-12,16,22,27H,10,13-15H2/q+1. The van der Waals surface area contributed by atoms with Crippen molar-refractivity contribution in [1.29, 1.82) is 0 Å². The van der Waals surface area contributed by atoms with Gasteiger partial charge in [0.15, 0.2) is 0 Å². The van der Waals surface area contributed by atoms with Crippen LogP contribution in [-0.4, -0.2) is 10.7 Å². The van der Waals surface area contributed by atoms with E-state index < -0.39 is 0 Å². The number of fused-ring (bicyclic) bond motifs is 1. The van der Waals surface area contributed by atoms with E-state index in [2.05, 4.69) is 0 Å². The van der Waals surface area contributed by atoms with Crippen molar-refractivity contribution >= 4 is 46.4 Å². The molecule has 5 rings (SSSR count). The Morgan fingerprint density at radius 2 is 1.78 bits per heavy atom. The first-order chi connectivity index (χ1) is 17.3. The first-order valence-corrected chi connectivity index (χ1v) is 12.9. The van der Waals surface area contributed by atoms with Crippen molar-refractivity contribution in [3.05, 3.63) is 116 Å². The molecule has 0 fully saturated rings. The first-order valence-electron chi connectivity index (χ1n) is 11.3. The monoisotopic (exact) mass is 565 g/mol. The molecule has 1 aromatic heterocycles. The van der Waals surface area contributed by atoms with Crippen molar-refractivity contribution in [3.63, 3.8) is 0 Å². The van der Waals surface area contributed by atoms with Crippen LogP contribution in [0.25, 0.3) is 0 Å². The van der Waals surface area contributed by atoms with Gasteiger partial charge in [-0.05, 0) is 48.0 Å². The minimum absolute atomic E-state index is 0.0625. The first kappa shape index (κ1) is 25.4. The average Bonchev–Trinajstić information content (AvgIpc) is 3.43. The summed E-state index contributed by atoms with van der Waals surface area (Å²) in [5.41, 5.74) is 2.54. The number of halogens is 5. The molecule has 36 heavy (non-hydrogen) atoms. The number of imidazole rings is 1. The third-order valence-corrected chi connectivity index (χ3v) is 7.21. The minimum Gasteiger partial charge on any atom is -0.486 e. The number of hydrogen-bond donors (Lipinski definition) is 0. The molecule has 4 nitrogen and oxygen atoms in total. The molecule has 186 valence electrons. The summed E-state index contributed by atoms with van der Waals surface area (Å²) in [6, 6.07) is 15.3. The molecular formula is C27H22Cl4FN2O2+. The summed E-state index contributed by atoms with van der Waals surface area (Å²) in [6.07, 6.45) is 6.17. The summed E-state index contributed by atoms with van der Waals surface area (Å²) in [4.78, 5) is 0. The summed E-state index contributed by atoms with van der Waals surface area (Å²) in [5, 5.41) is 2.19. The van der Waals surface area contributed by atoms with Gasteiger partial charge in [-0.2, -0.15) is 0 Å². The molecule has 9 heteroatoms. The van der Waals surface area contributed by atoms with Crippen LogP contribution in [0.15, 0.2) is 73.3 Å². The zero-order valence-electron chi connectivity index (χ0n) is 19.0. The molecule has 1 aliphatic heterocycles. The Morgan fingerprint density at radius 3 is 2.56 bits per heavy atom. The van der Waals surface area contributed by atoms with Crippen LogP contribution < -0.4 is 9.30 Å². The van der Waals surface area contributed by atoms with Crippen LogP contribution in [-0.2, 0) is 30.9 Å². The van der Waals surface area contributed by atoms with E-state index in [0.717, 1.165) is 22.4 Å². The zero-order chi connectivity index (χ0) is 25.2. The van der Waals surface area contributed by atoms with E-state index in [1.165, 1.54) is 12.1 Å². The molecule has 0 saturated heterocycles. The lowest BCUT2D eigenvalue weighted by atomic mass is 10.1. The summed E-state index contributed by atoms with van der Waals surface area (Å²) < 4.78 is 29.9. The second-order valence-electron chi connectivity index (χ2n) is 8.70. The summed E-state index contributed by atoms with van der Waals surface area (Å²) in [6.45, 7) is 1.43. The Kier molecular flexibility index (Phi) is 7.75. The number of rotatable bonds is 8. The van der Waals surface area contributed by atoms with Gasteiger partial charge in [0.1, 0.15) is 49.3 Å². The number of ether oxygens (including phenoxy) is 2. The summed E-state index contributed by atoms with van der Waals surface area (Å²) in [7, 11) is 0. The molecule has 3 aromatic carbocycles. The fourth-order valence-corrected chi connectivity index (χ4v) is 5.30. The lowest BCUT2D eigenvalue weighted by Crippen LogP contribution is -2.36. The van der Waals surface area contributed by atoms with Crippen LogP contribution in [0, 0.1) is 5.82 Å². The van der Waals surface area contributed by atoms with Gasteiger partial charge in [-0.1, -0.05) is 58.5 Å². The largest absolute Gasteiger partial charge is 0.486 e. The molecule has 0 spiro atoms. The molecule has 0 radical (unpaired) electrons. The topological polar surface area (TPSA) is 27.3 Å². The smallest absolute Gasteiger partial charge is 0.243 e. The van der Waals surface area contributed by atoms with Crippen LogP contribution in [0.2, 0.25) is 20.1 Å². The Morgan fingerprint density at radius 1 is 1.00 bits per heavy atom. The molecular weight excluding hydrogens is 545 g/mol. The van der Waals surface area contributed by atoms with Gasteiger partial charge in [0.25, 0.3) is 0 Å². The van der Waals surface area contributed by atoms with Crippen molar-refractivity contribution in [2.75, 3.05) is 0 Å². The van der Waals surface area contributed by atoms with Crippen molar-refractivity contribution in [3.8, 4) is 5.75 Å². The highest BCUT2D eigenvalue weighted by atomic mass is 35.5. The average molecular weight is 567 g/mol. The summed E-state index contributed by atoms with van der Waals surface area (Å²) >= 11 is 25.0. The Balaban J connectivity index is 1.30. The van der Waals surface area contributed by atoms with E-state index in [1.807, 2.05) is 40.0 Å². The highest BCUT2D eigenvalue weighted by molar-refractivity contribution is 6.35. The number of benzene rings is 3. The molecule has 2 atom stereocenters. The molecule has 0 N–H and O–H groups in total. The van der Waals surface area contributed by atoms with Crippen molar-refractivity contribution in [1.82, 2.24) is 4.57 Å². The third kappa shape index (κ3) is 5.99. The highest BCUT2D eigenvalue weighted by Gasteiger charge is 2.26. The second kappa shape index (κ2) is 11.0. The quantitative estimate of drug-likeness (QED) is 0.207. The van der Waals surface area contributed by atoms with Crippen molar-refractivity contribution in [2.45, 2.75) is 38.3 Å². The van der Waals surface area contributed by atoms with Crippen LogP contribution in [0.3, 0.4) is 0 Å². The normalized spacial score (nSPS) is 15.5. The Labute approximate surface area is 228 Å². The fourth-order valence-electron chi connectivity index (χ4n) is 4.30. The number of aromatic nitrogens is 2. The summed E-state index contributed by atoms with van der Waals surface area (Å²) in [5.74, 6) is 0.497. The van der Waals surface area contributed by atoms with E-state index >= 15 is 0 Å². The third-order valence-electron chi connectivity index (χ3n) is 6.07. The van der Waals surface area contributed by atoms with Crippen LogP contribution in [0.5, 0.6) is 5.75 Å². The molecule has 0 bridgehead atoms. The molecule has 2 heterocycles. The van der Waals surface area contributed by atoms with E-state index in [9.17, 15) is 4.39 Å². The predicted octanol–water partition coefficient (Wildman–Crippen LogP) is 7.49. The highest BCUT2D eigenvalue weighted by Crippen LogP contribution is 2.32. The van der Waals surface area contributed by atoms with E-state index in [0.29, 0.717) is 39.6 Å². The molecule has 4 aromatic rings. The zero-order valence-corrected chi connectivity index (χ0v) is 22.0. The molecule has 2 unspecified atom stereocenters. The van der Waals surface area contributed by atoms with Gasteiger partial charge in [-0.15, -0.1) is 0 Å². The van der Waals surface area contributed by atoms with Gasteiger partial charge in [-0.3, -0.25) is 0 Å². The van der Waals surface area contributed by atoms with Crippen molar-refractivity contribution < 1.29 is 18.4 Å². The van der Waals surface area contributed by atoms with Crippen LogP contribution >= 0.6 is 46.4 Å². The Hall–Kier alpha value is -2.28. The van der Waals surface area contributed by atoms with Crippen LogP contribution in [0.4, 0.5) is 4.39 Å². The molecule has 0 amide bonds. The van der Waals surface area contributed by atoms with Gasteiger partial charge in [0, 0.05) is 37.6 Å². The van der Waals surface area contributed by atoms with E-state index in [-0.39, 0.29) is 24.6 Å². The molecule has 0 aliphatic carbocycles. The second-order valence-corrected chi connectivity index (χ2v) is 10.4. The van der Waals surface area contributed by atoms with E-state index in [1.54, 1.807) is 30.3 Å². The van der Waals surface area contributed by atoms with Gasteiger partial charge < -0.3 is 9.47 Å². The predicted molar refractivity (Wildman–Crippen MR) is 140 cm³/mol. The maximum absolute atomic E-state index is 13.5. The minimum atomic E-state index is -0.364. The molecule has 1 aliphatic rings. The van der Waals surface area contributed by atoms with Crippen LogP contribution in [0.1, 0.15) is 22.8 Å². The van der Waals surface area contributed by atoms with Crippen molar-refractivity contribution in [2.24, 2.45) is 0 Å².